The van der Waals surface area contributed by atoms with Gasteiger partial charge in [-0.05, 0) is 44.9 Å². The highest BCUT2D eigenvalue weighted by atomic mass is 15.4. The molecule has 1 saturated heterocycles. The van der Waals surface area contributed by atoms with Crippen LogP contribution in [-0.4, -0.2) is 45.3 Å². The van der Waals surface area contributed by atoms with Crippen molar-refractivity contribution < 1.29 is 0 Å². The smallest absolute Gasteiger partial charge is 0.254 e. The maximum absolute atomic E-state index is 4.61. The molecule has 3 heterocycles. The van der Waals surface area contributed by atoms with Crippen LogP contribution in [0.3, 0.4) is 0 Å². The van der Waals surface area contributed by atoms with E-state index >= 15 is 0 Å². The number of hydrogen-bond donors (Lipinski definition) is 0. The molecule has 0 amide bonds. The zero-order chi connectivity index (χ0) is 18.3. The fourth-order valence-electron chi connectivity index (χ4n) is 4.05. The van der Waals surface area contributed by atoms with Crippen LogP contribution in [0.5, 0.6) is 0 Å². The third-order valence-electron chi connectivity index (χ3n) is 5.32. The lowest BCUT2D eigenvalue weighted by atomic mass is 10.1. The number of anilines is 2. The Hall–Kier alpha value is -2.63. The summed E-state index contributed by atoms with van der Waals surface area (Å²) in [4.78, 5) is 13.9. The molecule has 0 N–H and O–H groups in total. The molecule has 0 bridgehead atoms. The van der Waals surface area contributed by atoms with Crippen LogP contribution in [0.4, 0.5) is 11.5 Å². The maximum Gasteiger partial charge on any atom is 0.254 e. The lowest BCUT2D eigenvalue weighted by molar-refractivity contribution is 0.541. The van der Waals surface area contributed by atoms with Gasteiger partial charge in [-0.15, -0.1) is 0 Å². The summed E-state index contributed by atoms with van der Waals surface area (Å²) >= 11 is 0. The third-order valence-corrected chi connectivity index (χ3v) is 5.32. The first-order chi connectivity index (χ1) is 12.6. The first-order valence-electron chi connectivity index (χ1n) is 9.36. The molecule has 3 aromatic rings. The summed E-state index contributed by atoms with van der Waals surface area (Å²) in [7, 11) is 0. The minimum Gasteiger partial charge on any atom is -0.365 e. The Bertz CT molecular complexity index is 931. The highest BCUT2D eigenvalue weighted by Gasteiger charge is 2.28. The van der Waals surface area contributed by atoms with Crippen molar-refractivity contribution >= 4 is 17.3 Å². The standard InChI is InChI=1S/C20H26N6/c1-5-18-16(4)23-20-21-13-22-26(20)19(18)24-9-10-25(15(3)12-24)17-8-6-7-14(2)11-17/h6-8,11,13,15H,5,9-10,12H2,1-4H3/t15-/m0/s1. The van der Waals surface area contributed by atoms with E-state index in [1.165, 1.54) is 16.8 Å². The van der Waals surface area contributed by atoms with E-state index in [9.17, 15) is 0 Å². The van der Waals surface area contributed by atoms with Gasteiger partial charge < -0.3 is 9.80 Å². The van der Waals surface area contributed by atoms with Crippen molar-refractivity contribution in [2.45, 2.75) is 40.2 Å². The number of nitrogens with zero attached hydrogens (tertiary/aromatic N) is 6. The average molecular weight is 350 g/mol. The van der Waals surface area contributed by atoms with Crippen LogP contribution >= 0.6 is 0 Å². The Labute approximate surface area is 154 Å². The molecule has 6 nitrogen and oxygen atoms in total. The van der Waals surface area contributed by atoms with Gasteiger partial charge in [0.1, 0.15) is 12.1 Å². The van der Waals surface area contributed by atoms with Gasteiger partial charge in [-0.2, -0.15) is 14.6 Å². The highest BCUT2D eigenvalue weighted by Crippen LogP contribution is 2.28. The molecule has 6 heteroatoms. The topological polar surface area (TPSA) is 49.6 Å². The minimum absolute atomic E-state index is 0.419. The fourth-order valence-corrected chi connectivity index (χ4v) is 4.05. The molecule has 1 aliphatic heterocycles. The van der Waals surface area contributed by atoms with Gasteiger partial charge in [0, 0.05) is 42.6 Å². The molecule has 0 spiro atoms. The van der Waals surface area contributed by atoms with Gasteiger partial charge in [0.2, 0.25) is 0 Å². The quantitative estimate of drug-likeness (QED) is 0.727. The SMILES string of the molecule is CCc1c(C)nc2ncnn2c1N1CCN(c2cccc(C)c2)[C@@H](C)C1. The van der Waals surface area contributed by atoms with Gasteiger partial charge in [0.15, 0.2) is 0 Å². The van der Waals surface area contributed by atoms with Crippen molar-refractivity contribution in [1.29, 1.82) is 0 Å². The summed E-state index contributed by atoms with van der Waals surface area (Å²) in [6.45, 7) is 11.6. The lowest BCUT2D eigenvalue weighted by Crippen LogP contribution is -2.53. The number of fused-ring (bicyclic) bond motifs is 1. The molecule has 1 fully saturated rings. The summed E-state index contributed by atoms with van der Waals surface area (Å²) in [6.07, 6.45) is 2.54. The molecule has 136 valence electrons. The fraction of sp³-hybridized carbons (Fsp3) is 0.450. The molecule has 26 heavy (non-hydrogen) atoms. The van der Waals surface area contributed by atoms with Crippen LogP contribution < -0.4 is 9.80 Å². The van der Waals surface area contributed by atoms with Crippen LogP contribution in [0.2, 0.25) is 0 Å². The Morgan fingerprint density at radius 2 is 2.04 bits per heavy atom. The van der Waals surface area contributed by atoms with E-state index in [0.717, 1.165) is 37.6 Å². The number of piperazine rings is 1. The Morgan fingerprint density at radius 3 is 2.77 bits per heavy atom. The largest absolute Gasteiger partial charge is 0.365 e. The lowest BCUT2D eigenvalue weighted by Gasteiger charge is -2.42. The van der Waals surface area contributed by atoms with Gasteiger partial charge >= 0.3 is 0 Å². The van der Waals surface area contributed by atoms with Gasteiger partial charge in [-0.3, -0.25) is 0 Å². The Morgan fingerprint density at radius 1 is 1.19 bits per heavy atom. The third kappa shape index (κ3) is 2.79. The molecular weight excluding hydrogens is 324 g/mol. The van der Waals surface area contributed by atoms with Crippen molar-refractivity contribution in [3.05, 3.63) is 47.4 Å². The predicted molar refractivity (Wildman–Crippen MR) is 105 cm³/mol. The van der Waals surface area contributed by atoms with Crippen molar-refractivity contribution in [2.75, 3.05) is 29.4 Å². The number of rotatable bonds is 3. The normalized spacial score (nSPS) is 17.9. The van der Waals surface area contributed by atoms with Crippen LogP contribution in [-0.2, 0) is 6.42 Å². The summed E-state index contributed by atoms with van der Waals surface area (Å²) < 4.78 is 1.90. The van der Waals surface area contributed by atoms with E-state index in [4.69, 9.17) is 0 Å². The minimum atomic E-state index is 0.419. The predicted octanol–water partition coefficient (Wildman–Crippen LogP) is 3.02. The summed E-state index contributed by atoms with van der Waals surface area (Å²) in [5.41, 5.74) is 4.93. The van der Waals surface area contributed by atoms with Gasteiger partial charge in [-0.25, -0.2) is 4.98 Å². The van der Waals surface area contributed by atoms with E-state index in [1.807, 2.05) is 4.52 Å². The zero-order valence-corrected chi connectivity index (χ0v) is 16.0. The second kappa shape index (κ2) is 6.59. The summed E-state index contributed by atoms with van der Waals surface area (Å²) in [5, 5.41) is 4.45. The van der Waals surface area contributed by atoms with Crippen LogP contribution in [0.1, 0.15) is 30.7 Å². The van der Waals surface area contributed by atoms with E-state index in [0.29, 0.717) is 11.8 Å². The van der Waals surface area contributed by atoms with Crippen molar-refractivity contribution in [3.8, 4) is 0 Å². The average Bonchev–Trinajstić information content (AvgIpc) is 3.08. The maximum atomic E-state index is 4.61. The van der Waals surface area contributed by atoms with Crippen molar-refractivity contribution in [1.82, 2.24) is 19.6 Å². The summed E-state index contributed by atoms with van der Waals surface area (Å²) in [6, 6.07) is 9.20. The molecule has 0 saturated carbocycles. The van der Waals surface area contributed by atoms with Gasteiger partial charge in [0.25, 0.3) is 5.78 Å². The van der Waals surface area contributed by atoms with Gasteiger partial charge in [-0.1, -0.05) is 19.1 Å². The second-order valence-electron chi connectivity index (χ2n) is 7.15. The number of aromatic nitrogens is 4. The van der Waals surface area contributed by atoms with E-state index in [1.54, 1.807) is 6.33 Å². The van der Waals surface area contributed by atoms with Crippen molar-refractivity contribution in [3.63, 3.8) is 0 Å². The van der Waals surface area contributed by atoms with E-state index in [-0.39, 0.29) is 0 Å². The van der Waals surface area contributed by atoms with Crippen molar-refractivity contribution in [2.24, 2.45) is 0 Å². The number of aryl methyl sites for hydroxylation is 2. The molecule has 1 aromatic carbocycles. The monoisotopic (exact) mass is 350 g/mol. The summed E-state index contributed by atoms with van der Waals surface area (Å²) in [5.74, 6) is 1.84. The molecular formula is C20H26N6. The molecule has 4 rings (SSSR count). The van der Waals surface area contributed by atoms with Crippen LogP contribution in [0.25, 0.3) is 5.78 Å². The molecule has 1 aliphatic rings. The Balaban J connectivity index is 1.67. The number of benzene rings is 1. The molecule has 0 unspecified atom stereocenters. The Kier molecular flexibility index (Phi) is 4.26. The highest BCUT2D eigenvalue weighted by molar-refractivity contribution is 5.57. The first kappa shape index (κ1) is 16.8. The zero-order valence-electron chi connectivity index (χ0n) is 16.0. The molecule has 1 atom stereocenters. The first-order valence-corrected chi connectivity index (χ1v) is 9.36. The molecule has 2 aromatic heterocycles. The van der Waals surface area contributed by atoms with Gasteiger partial charge in [0.05, 0.1) is 0 Å². The van der Waals surface area contributed by atoms with Crippen LogP contribution in [0, 0.1) is 13.8 Å². The van der Waals surface area contributed by atoms with E-state index < -0.39 is 0 Å². The number of hydrogen-bond acceptors (Lipinski definition) is 5. The van der Waals surface area contributed by atoms with E-state index in [2.05, 4.69) is 76.8 Å². The second-order valence-corrected chi connectivity index (χ2v) is 7.15. The van der Waals surface area contributed by atoms with Crippen LogP contribution in [0.15, 0.2) is 30.6 Å². The molecule has 0 radical (unpaired) electrons. The molecule has 0 aliphatic carbocycles.